The third kappa shape index (κ3) is 8.31. The van der Waals surface area contributed by atoms with Gasteiger partial charge in [0, 0.05) is 44.5 Å². The van der Waals surface area contributed by atoms with Crippen LogP contribution < -0.4 is 22.5 Å². The van der Waals surface area contributed by atoms with Crippen molar-refractivity contribution < 1.29 is 9.59 Å². The van der Waals surface area contributed by atoms with E-state index in [2.05, 4.69) is 41.3 Å². The van der Waals surface area contributed by atoms with Crippen LogP contribution in [-0.2, 0) is 11.2 Å². The first-order valence-electron chi connectivity index (χ1n) is 14.7. The average molecular weight is 603 g/mol. The van der Waals surface area contributed by atoms with Gasteiger partial charge >= 0.3 is 11.7 Å². The molecule has 2 fully saturated rings. The highest BCUT2D eigenvalue weighted by molar-refractivity contribution is 5.89. The molecule has 1 aromatic heterocycles. The fourth-order valence-corrected chi connectivity index (χ4v) is 5.80. The molecule has 1 unspecified atom stereocenters. The largest absolute Gasteiger partial charge is 0.354 e. The van der Waals surface area contributed by atoms with Crippen LogP contribution in [0.5, 0.6) is 0 Å². The summed E-state index contributed by atoms with van der Waals surface area (Å²) in [4.78, 5) is 47.8. The second-order valence-electron chi connectivity index (χ2n) is 12.2. The van der Waals surface area contributed by atoms with Crippen molar-refractivity contribution in [2.75, 3.05) is 45.1 Å². The molecule has 0 spiro atoms. The number of anilines is 1. The van der Waals surface area contributed by atoms with Gasteiger partial charge in [0.1, 0.15) is 5.82 Å². The summed E-state index contributed by atoms with van der Waals surface area (Å²) >= 11 is 0. The van der Waals surface area contributed by atoms with Crippen molar-refractivity contribution in [3.63, 3.8) is 0 Å². The van der Waals surface area contributed by atoms with E-state index >= 15 is 0 Å². The number of nitrogens with zero attached hydrogens (tertiary/aromatic N) is 5. The molecule has 1 aliphatic carbocycles. The Balaban J connectivity index is 0.00000484. The maximum atomic E-state index is 12.8. The Morgan fingerprint density at radius 3 is 2.19 bits per heavy atom. The maximum Gasteiger partial charge on any atom is 0.354 e. The Labute approximate surface area is 255 Å². The molecule has 4 rings (SSSR count). The number of nitrogens with two attached hydrogens (primary N) is 2. The molecule has 1 aromatic carbocycles. The summed E-state index contributed by atoms with van der Waals surface area (Å²) in [6.45, 7) is 7.97. The van der Waals surface area contributed by atoms with Gasteiger partial charge in [0.2, 0.25) is 5.91 Å². The third-order valence-corrected chi connectivity index (χ3v) is 8.61. The zero-order valence-corrected chi connectivity index (χ0v) is 26.1. The molecule has 12 heteroatoms. The predicted octanol–water partition coefficient (Wildman–Crippen LogP) is 2.45. The summed E-state index contributed by atoms with van der Waals surface area (Å²) in [7, 11) is 2.22. The molecule has 2 aliphatic rings. The lowest BCUT2D eigenvalue weighted by molar-refractivity contribution is -0.137. The molecule has 1 saturated heterocycles. The summed E-state index contributed by atoms with van der Waals surface area (Å²) in [5.41, 5.74) is 12.3. The minimum absolute atomic E-state index is 0. The van der Waals surface area contributed by atoms with Crippen molar-refractivity contribution in [1.82, 2.24) is 24.3 Å². The number of nitrogens with one attached hydrogen (secondary N) is 1. The average Bonchev–Trinajstić information content (AvgIpc) is 2.96. The number of aromatic nitrogens is 2. The molecule has 11 nitrogen and oxygen atoms in total. The van der Waals surface area contributed by atoms with E-state index in [-0.39, 0.29) is 30.2 Å². The maximum absolute atomic E-state index is 12.8. The van der Waals surface area contributed by atoms with Crippen molar-refractivity contribution in [2.24, 2.45) is 17.4 Å². The lowest BCUT2D eigenvalue weighted by atomic mass is 9.85. The Hall–Kier alpha value is -2.99. The van der Waals surface area contributed by atoms with Crippen LogP contribution in [0.25, 0.3) is 5.69 Å². The zero-order chi connectivity index (χ0) is 29.7. The molecular weight excluding hydrogens is 556 g/mol. The summed E-state index contributed by atoms with van der Waals surface area (Å²) in [5.74, 6) is 0.722. The van der Waals surface area contributed by atoms with Crippen molar-refractivity contribution in [2.45, 2.75) is 70.5 Å². The van der Waals surface area contributed by atoms with E-state index in [1.807, 2.05) is 12.1 Å². The molecule has 42 heavy (non-hydrogen) atoms. The Morgan fingerprint density at radius 2 is 1.64 bits per heavy atom. The van der Waals surface area contributed by atoms with Crippen molar-refractivity contribution >= 4 is 30.2 Å². The van der Waals surface area contributed by atoms with Crippen LogP contribution in [-0.4, -0.2) is 93.6 Å². The molecule has 2 aromatic rings. The van der Waals surface area contributed by atoms with E-state index < -0.39 is 11.2 Å². The van der Waals surface area contributed by atoms with Gasteiger partial charge in [0.15, 0.2) is 0 Å². The molecule has 3 amide bonds. The fourth-order valence-electron chi connectivity index (χ4n) is 5.80. The predicted molar refractivity (Wildman–Crippen MR) is 168 cm³/mol. The summed E-state index contributed by atoms with van der Waals surface area (Å²) in [5, 5.41) is 2.70. The van der Waals surface area contributed by atoms with Crippen molar-refractivity contribution in [1.29, 1.82) is 0 Å². The molecule has 2 heterocycles. The van der Waals surface area contributed by atoms with Gasteiger partial charge in [-0.05, 0) is 96.1 Å². The first-order chi connectivity index (χ1) is 19.5. The first kappa shape index (κ1) is 33.5. The topological polar surface area (TPSA) is 143 Å². The van der Waals surface area contributed by atoms with Crippen LogP contribution in [0.3, 0.4) is 0 Å². The van der Waals surface area contributed by atoms with Gasteiger partial charge in [-0.2, -0.15) is 4.98 Å². The van der Waals surface area contributed by atoms with Crippen molar-refractivity contribution in [3.8, 4) is 5.69 Å². The van der Waals surface area contributed by atoms with Gasteiger partial charge in [-0.3, -0.25) is 14.7 Å². The van der Waals surface area contributed by atoms with Crippen LogP contribution in [0.2, 0.25) is 0 Å². The van der Waals surface area contributed by atoms with Crippen LogP contribution in [0.4, 0.5) is 10.6 Å². The minimum Gasteiger partial charge on any atom is -0.338 e. The number of carbonyl (C=O) groups is 2. The van der Waals surface area contributed by atoms with E-state index in [1.54, 1.807) is 35.9 Å². The highest BCUT2D eigenvalue weighted by atomic mass is 35.5. The van der Waals surface area contributed by atoms with Crippen LogP contribution in [0.15, 0.2) is 41.3 Å². The van der Waals surface area contributed by atoms with Crippen LogP contribution in [0, 0.1) is 5.92 Å². The smallest absolute Gasteiger partial charge is 0.338 e. The number of piperazine rings is 1. The van der Waals surface area contributed by atoms with E-state index in [0.29, 0.717) is 49.9 Å². The van der Waals surface area contributed by atoms with E-state index in [1.165, 1.54) is 35.8 Å². The summed E-state index contributed by atoms with van der Waals surface area (Å²) in [6, 6.07) is 10.2. The van der Waals surface area contributed by atoms with Gasteiger partial charge in [-0.25, -0.2) is 9.59 Å². The number of amides is 3. The molecule has 1 atom stereocenters. The van der Waals surface area contributed by atoms with Crippen LogP contribution >= 0.6 is 12.4 Å². The fraction of sp³-hybridized carbons (Fsp3) is 0.600. The monoisotopic (exact) mass is 602 g/mol. The molecular formula is C30H47ClN8O3. The molecule has 0 radical (unpaired) electrons. The number of rotatable bonds is 8. The van der Waals surface area contributed by atoms with Gasteiger partial charge in [0.25, 0.3) is 0 Å². The summed E-state index contributed by atoms with van der Waals surface area (Å²) < 4.78 is 1.46. The quantitative estimate of drug-likeness (QED) is 0.421. The van der Waals surface area contributed by atoms with Gasteiger partial charge in [0.05, 0.1) is 11.2 Å². The Morgan fingerprint density at radius 1 is 1.05 bits per heavy atom. The normalized spacial score (nSPS) is 20.2. The highest BCUT2D eigenvalue weighted by Crippen LogP contribution is 2.28. The molecule has 0 bridgehead atoms. The van der Waals surface area contributed by atoms with E-state index in [4.69, 9.17) is 11.5 Å². The van der Waals surface area contributed by atoms with Gasteiger partial charge < -0.3 is 26.2 Å². The number of likely N-dealkylation sites (N-methyl/N-ethyl adjacent to an activating group) is 1. The molecule has 232 valence electrons. The lowest BCUT2D eigenvalue weighted by Crippen LogP contribution is -2.58. The Kier molecular flexibility index (Phi) is 11.5. The molecule has 1 aliphatic heterocycles. The standard InChI is InChI=1S/C30H46N8O3.ClH/c1-21(35(4)24-9-7-23(20-31)8-10-24)19-22-5-11-25(12-6-22)38-14-13-26(34-29(38)41)33-28(40)37-17-15-36(16-18-37)27(39)30(2,3)32;/h5-6,11-14,21,23-24H,7-10,15-20,31-32H2,1-4H3,(H,33,34,40,41);1H. The summed E-state index contributed by atoms with van der Waals surface area (Å²) in [6.07, 6.45) is 7.39. The molecule has 1 saturated carbocycles. The number of carbonyl (C=O) groups excluding carboxylic acids is 2. The number of halogens is 1. The van der Waals surface area contributed by atoms with Crippen LogP contribution in [0.1, 0.15) is 52.0 Å². The number of hydrogen-bond donors (Lipinski definition) is 3. The first-order valence-corrected chi connectivity index (χ1v) is 14.7. The second kappa shape index (κ2) is 14.5. The Bertz CT molecular complexity index is 1250. The third-order valence-electron chi connectivity index (χ3n) is 8.61. The number of hydrogen-bond acceptors (Lipinski definition) is 7. The van der Waals surface area contributed by atoms with Gasteiger partial charge in [-0.1, -0.05) is 12.1 Å². The van der Waals surface area contributed by atoms with E-state index in [0.717, 1.165) is 13.0 Å². The molecule has 5 N–H and O–H groups in total. The SMILES string of the molecule is CC(Cc1ccc(-n2ccc(NC(=O)N3CCN(C(=O)C(C)(C)N)CC3)nc2=O)cc1)N(C)C1CCC(CN)CC1.Cl. The van der Waals surface area contributed by atoms with Crippen molar-refractivity contribution in [3.05, 3.63) is 52.6 Å². The second-order valence-corrected chi connectivity index (χ2v) is 12.2. The highest BCUT2D eigenvalue weighted by Gasteiger charge is 2.31. The number of urea groups is 1. The number of benzene rings is 1. The minimum atomic E-state index is -0.947. The lowest BCUT2D eigenvalue weighted by Gasteiger charge is -2.38. The van der Waals surface area contributed by atoms with Gasteiger partial charge in [-0.15, -0.1) is 12.4 Å². The zero-order valence-electron chi connectivity index (χ0n) is 25.3. The van der Waals surface area contributed by atoms with E-state index in [9.17, 15) is 14.4 Å².